The number of nitriles is 1. The zero-order chi connectivity index (χ0) is 14.0. The number of nitro groups is 1. The molecule has 0 aliphatic carbocycles. The van der Waals surface area contributed by atoms with Gasteiger partial charge < -0.3 is 0 Å². The van der Waals surface area contributed by atoms with Crippen molar-refractivity contribution in [3.8, 4) is 6.07 Å². The Bertz CT molecular complexity index is 667. The molecule has 0 radical (unpaired) electrons. The molecule has 1 aromatic heterocycles. The lowest BCUT2D eigenvalue weighted by molar-refractivity contribution is -0.385. The molecule has 96 valence electrons. The first-order chi connectivity index (χ1) is 8.95. The van der Waals surface area contributed by atoms with E-state index >= 15 is 0 Å². The summed E-state index contributed by atoms with van der Waals surface area (Å²) < 4.78 is 1.53. The van der Waals surface area contributed by atoms with E-state index in [0.29, 0.717) is 5.56 Å². The van der Waals surface area contributed by atoms with E-state index in [1.165, 1.54) is 17.1 Å². The van der Waals surface area contributed by atoms with Crippen molar-refractivity contribution in [3.05, 3.63) is 57.9 Å². The molecular weight excluding hydrogens is 244 g/mol. The molecular formula is C13H12N4O2. The second kappa shape index (κ2) is 4.53. The Morgan fingerprint density at radius 1 is 1.47 bits per heavy atom. The van der Waals surface area contributed by atoms with Crippen LogP contribution < -0.4 is 0 Å². The zero-order valence-electron chi connectivity index (χ0n) is 10.6. The summed E-state index contributed by atoms with van der Waals surface area (Å²) >= 11 is 0. The van der Waals surface area contributed by atoms with Gasteiger partial charge in [0.05, 0.1) is 22.1 Å². The number of rotatable bonds is 3. The predicted octanol–water partition coefficient (Wildman–Crippen LogP) is 2.45. The van der Waals surface area contributed by atoms with E-state index < -0.39 is 10.5 Å². The average molecular weight is 256 g/mol. The van der Waals surface area contributed by atoms with Gasteiger partial charge in [-0.1, -0.05) is 12.1 Å². The Hall–Kier alpha value is -2.68. The van der Waals surface area contributed by atoms with Gasteiger partial charge in [-0.25, -0.2) is 0 Å². The molecule has 2 aromatic rings. The lowest BCUT2D eigenvalue weighted by atomic mass is 9.93. The van der Waals surface area contributed by atoms with Gasteiger partial charge in [0.1, 0.15) is 12.4 Å². The third-order valence-corrected chi connectivity index (χ3v) is 3.05. The normalized spacial score (nSPS) is 11.0. The molecule has 0 aliphatic rings. The highest BCUT2D eigenvalue weighted by Gasteiger charge is 2.26. The summed E-state index contributed by atoms with van der Waals surface area (Å²) in [6.45, 7) is 3.78. The van der Waals surface area contributed by atoms with Crippen molar-refractivity contribution in [2.45, 2.75) is 19.4 Å². The van der Waals surface area contributed by atoms with Crippen molar-refractivity contribution >= 4 is 5.69 Å². The van der Waals surface area contributed by atoms with Crippen LogP contribution in [-0.4, -0.2) is 14.7 Å². The van der Waals surface area contributed by atoms with E-state index in [0.717, 1.165) is 5.56 Å². The largest absolute Gasteiger partial charge is 0.307 e. The number of aromatic nitrogens is 2. The van der Waals surface area contributed by atoms with Crippen LogP contribution in [-0.2, 0) is 5.54 Å². The van der Waals surface area contributed by atoms with E-state index in [4.69, 9.17) is 5.26 Å². The maximum atomic E-state index is 10.7. The minimum atomic E-state index is -0.568. The topological polar surface area (TPSA) is 84.8 Å². The Kier molecular flexibility index (Phi) is 3.05. The summed E-state index contributed by atoms with van der Waals surface area (Å²) in [4.78, 5) is 10.2. The summed E-state index contributed by atoms with van der Waals surface area (Å²) in [5, 5.41) is 23.6. The van der Waals surface area contributed by atoms with Crippen LogP contribution in [0.3, 0.4) is 0 Å². The molecule has 0 aliphatic heterocycles. The lowest BCUT2D eigenvalue weighted by Gasteiger charge is -2.25. The van der Waals surface area contributed by atoms with Gasteiger partial charge in [-0.15, -0.1) is 0 Å². The maximum absolute atomic E-state index is 10.7. The fourth-order valence-corrected chi connectivity index (χ4v) is 1.81. The summed E-state index contributed by atoms with van der Waals surface area (Å²) in [5.41, 5.74) is 0.794. The molecule has 0 saturated heterocycles. The Labute approximate surface area is 110 Å². The first-order valence-electron chi connectivity index (χ1n) is 5.65. The third-order valence-electron chi connectivity index (χ3n) is 3.05. The fourth-order valence-electron chi connectivity index (χ4n) is 1.81. The number of hydrogen-bond acceptors (Lipinski definition) is 4. The van der Waals surface area contributed by atoms with Gasteiger partial charge in [0.25, 0.3) is 0 Å². The monoisotopic (exact) mass is 256 g/mol. The molecule has 6 nitrogen and oxygen atoms in total. The van der Waals surface area contributed by atoms with E-state index in [2.05, 4.69) is 11.2 Å². The fraction of sp³-hybridized carbons (Fsp3) is 0.231. The third kappa shape index (κ3) is 2.31. The molecule has 2 rings (SSSR count). The van der Waals surface area contributed by atoms with Crippen LogP contribution in [0.25, 0.3) is 0 Å². The Morgan fingerprint density at radius 2 is 2.21 bits per heavy atom. The van der Waals surface area contributed by atoms with Gasteiger partial charge in [0.15, 0.2) is 0 Å². The van der Waals surface area contributed by atoms with E-state index in [1.54, 1.807) is 18.2 Å². The van der Waals surface area contributed by atoms with Crippen LogP contribution in [0.1, 0.15) is 25.0 Å². The SMILES string of the molecule is CC(C)(c1cccc(C#N)c1)n1cc([N+](=O)[O-])cn1. The molecule has 1 aromatic carbocycles. The molecule has 0 bridgehead atoms. The van der Waals surface area contributed by atoms with Gasteiger partial charge in [-0.3, -0.25) is 14.8 Å². The molecule has 0 amide bonds. The van der Waals surface area contributed by atoms with Gasteiger partial charge in [-0.05, 0) is 31.5 Å². The Balaban J connectivity index is 2.45. The molecule has 0 atom stereocenters. The van der Waals surface area contributed by atoms with Gasteiger partial charge in [-0.2, -0.15) is 10.4 Å². The molecule has 1 heterocycles. The minimum Gasteiger partial charge on any atom is -0.258 e. The highest BCUT2D eigenvalue weighted by atomic mass is 16.6. The number of hydrogen-bond donors (Lipinski definition) is 0. The second-order valence-electron chi connectivity index (χ2n) is 4.65. The van der Waals surface area contributed by atoms with Crippen LogP contribution in [0.5, 0.6) is 0 Å². The van der Waals surface area contributed by atoms with Crippen molar-refractivity contribution in [1.82, 2.24) is 9.78 Å². The molecule has 0 fully saturated rings. The van der Waals surface area contributed by atoms with Crippen LogP contribution in [0.2, 0.25) is 0 Å². The number of benzene rings is 1. The van der Waals surface area contributed by atoms with Crippen molar-refractivity contribution < 1.29 is 4.92 Å². The quantitative estimate of drug-likeness (QED) is 0.623. The smallest absolute Gasteiger partial charge is 0.258 e. The first kappa shape index (κ1) is 12.8. The minimum absolute atomic E-state index is 0.0514. The van der Waals surface area contributed by atoms with E-state index in [-0.39, 0.29) is 5.69 Å². The molecule has 0 N–H and O–H groups in total. The molecule has 0 spiro atoms. The molecule has 0 unspecified atom stereocenters. The lowest BCUT2D eigenvalue weighted by Crippen LogP contribution is -2.28. The second-order valence-corrected chi connectivity index (χ2v) is 4.65. The van der Waals surface area contributed by atoms with Crippen LogP contribution in [0, 0.1) is 21.4 Å². The maximum Gasteiger partial charge on any atom is 0.307 e. The van der Waals surface area contributed by atoms with Gasteiger partial charge >= 0.3 is 5.69 Å². The van der Waals surface area contributed by atoms with Crippen LogP contribution >= 0.6 is 0 Å². The van der Waals surface area contributed by atoms with Gasteiger partial charge in [0.2, 0.25) is 0 Å². The van der Waals surface area contributed by atoms with Crippen molar-refractivity contribution in [1.29, 1.82) is 5.26 Å². The van der Waals surface area contributed by atoms with Crippen molar-refractivity contribution in [2.75, 3.05) is 0 Å². The summed E-state index contributed by atoms with van der Waals surface area (Å²) in [7, 11) is 0. The van der Waals surface area contributed by atoms with E-state index in [9.17, 15) is 10.1 Å². The van der Waals surface area contributed by atoms with Crippen LogP contribution in [0.15, 0.2) is 36.7 Å². The predicted molar refractivity (Wildman–Crippen MR) is 68.5 cm³/mol. The highest BCUT2D eigenvalue weighted by molar-refractivity contribution is 5.36. The summed E-state index contributed by atoms with van der Waals surface area (Å²) in [6, 6.07) is 9.20. The van der Waals surface area contributed by atoms with Gasteiger partial charge in [0, 0.05) is 0 Å². The molecule has 6 heteroatoms. The van der Waals surface area contributed by atoms with Crippen molar-refractivity contribution in [3.63, 3.8) is 0 Å². The zero-order valence-corrected chi connectivity index (χ0v) is 10.6. The van der Waals surface area contributed by atoms with Crippen LogP contribution in [0.4, 0.5) is 5.69 Å². The summed E-state index contributed by atoms with van der Waals surface area (Å²) in [6.07, 6.45) is 2.61. The first-order valence-corrected chi connectivity index (χ1v) is 5.65. The Morgan fingerprint density at radius 3 is 2.79 bits per heavy atom. The average Bonchev–Trinajstić information content (AvgIpc) is 2.89. The van der Waals surface area contributed by atoms with Crippen molar-refractivity contribution in [2.24, 2.45) is 0 Å². The molecule has 0 saturated carbocycles. The highest BCUT2D eigenvalue weighted by Crippen LogP contribution is 2.26. The summed E-state index contributed by atoms with van der Waals surface area (Å²) in [5.74, 6) is 0. The number of nitrogens with zero attached hydrogens (tertiary/aromatic N) is 4. The molecule has 19 heavy (non-hydrogen) atoms. The van der Waals surface area contributed by atoms with E-state index in [1.807, 2.05) is 19.9 Å². The standard InChI is InChI=1S/C13H12N4O2/c1-13(2,11-5-3-4-10(6-11)7-14)16-9-12(8-15-16)17(18)19/h3-6,8-9H,1-2H3.